The van der Waals surface area contributed by atoms with Crippen molar-refractivity contribution in [3.63, 3.8) is 0 Å². The lowest BCUT2D eigenvalue weighted by molar-refractivity contribution is -0.104. The van der Waals surface area contributed by atoms with Crippen LogP contribution in [0.25, 0.3) is 0 Å². The van der Waals surface area contributed by atoms with Crippen LogP contribution >= 0.6 is 0 Å². The fourth-order valence-electron chi connectivity index (χ4n) is 4.53. The van der Waals surface area contributed by atoms with E-state index in [0.29, 0.717) is 6.04 Å². The Morgan fingerprint density at radius 3 is 2.00 bits per heavy atom. The maximum atomic E-state index is 11.0. The number of rotatable bonds is 1. The van der Waals surface area contributed by atoms with Crippen LogP contribution in [0.5, 0.6) is 0 Å². The largest absolute Gasteiger partial charge is 0.388 e. The average molecular weight is 225 g/mol. The van der Waals surface area contributed by atoms with Gasteiger partial charge in [0, 0.05) is 6.04 Å². The van der Waals surface area contributed by atoms with Crippen molar-refractivity contribution < 1.29 is 5.11 Å². The van der Waals surface area contributed by atoms with Gasteiger partial charge in [-0.05, 0) is 49.5 Å². The van der Waals surface area contributed by atoms with Gasteiger partial charge in [0.05, 0.1) is 5.60 Å². The normalized spacial score (nSPS) is 36.2. The van der Waals surface area contributed by atoms with Crippen molar-refractivity contribution in [2.24, 2.45) is 10.8 Å². The maximum Gasteiger partial charge on any atom is 0.0810 e. The van der Waals surface area contributed by atoms with E-state index in [9.17, 15) is 5.11 Å². The van der Waals surface area contributed by atoms with Crippen LogP contribution in [0.15, 0.2) is 0 Å². The topological polar surface area (TPSA) is 32.3 Å². The average Bonchev–Trinajstić information content (AvgIpc) is 2.46. The summed E-state index contributed by atoms with van der Waals surface area (Å²) in [6.45, 7) is 10.3. The quantitative estimate of drug-likeness (QED) is 0.719. The first-order valence-electron chi connectivity index (χ1n) is 6.68. The Bertz CT molecular complexity index is 248. The molecule has 2 rings (SSSR count). The van der Waals surface area contributed by atoms with Crippen molar-refractivity contribution in [2.45, 2.75) is 71.4 Å². The van der Waals surface area contributed by atoms with Crippen molar-refractivity contribution in [1.29, 1.82) is 0 Å². The molecule has 16 heavy (non-hydrogen) atoms. The third kappa shape index (κ3) is 2.43. The second-order valence-electron chi connectivity index (χ2n) is 7.61. The molecule has 0 radical (unpaired) electrons. The summed E-state index contributed by atoms with van der Waals surface area (Å²) < 4.78 is 0. The molecule has 1 aliphatic carbocycles. The van der Waals surface area contributed by atoms with E-state index in [0.717, 1.165) is 25.8 Å². The molecule has 0 bridgehead atoms. The van der Waals surface area contributed by atoms with Crippen molar-refractivity contribution >= 4 is 0 Å². The fourth-order valence-corrected chi connectivity index (χ4v) is 4.53. The summed E-state index contributed by atoms with van der Waals surface area (Å²) in [5.41, 5.74) is 0.0449. The van der Waals surface area contributed by atoms with Crippen LogP contribution in [0.3, 0.4) is 0 Å². The summed E-state index contributed by atoms with van der Waals surface area (Å²) in [5.74, 6) is 0. The van der Waals surface area contributed by atoms with Crippen molar-refractivity contribution in [1.82, 2.24) is 5.32 Å². The first kappa shape index (κ1) is 12.4. The molecule has 0 spiro atoms. The predicted molar refractivity (Wildman–Crippen MR) is 67.4 cm³/mol. The molecule has 94 valence electrons. The molecule has 2 nitrogen and oxygen atoms in total. The molecule has 1 saturated carbocycles. The zero-order chi connectivity index (χ0) is 12.0. The van der Waals surface area contributed by atoms with Gasteiger partial charge in [0.1, 0.15) is 0 Å². The second kappa shape index (κ2) is 3.71. The van der Waals surface area contributed by atoms with E-state index < -0.39 is 5.60 Å². The third-order valence-electron chi connectivity index (χ3n) is 4.24. The third-order valence-corrected chi connectivity index (χ3v) is 4.24. The van der Waals surface area contributed by atoms with Crippen molar-refractivity contribution in [2.75, 3.05) is 6.54 Å². The van der Waals surface area contributed by atoms with E-state index in [4.69, 9.17) is 0 Å². The molecule has 2 heteroatoms. The van der Waals surface area contributed by atoms with Crippen LogP contribution in [-0.4, -0.2) is 23.3 Å². The van der Waals surface area contributed by atoms with Crippen molar-refractivity contribution in [3.8, 4) is 0 Å². The zero-order valence-electron chi connectivity index (χ0n) is 11.3. The van der Waals surface area contributed by atoms with Crippen LogP contribution in [-0.2, 0) is 0 Å². The summed E-state index contributed by atoms with van der Waals surface area (Å²) in [5, 5.41) is 14.5. The Morgan fingerprint density at radius 2 is 1.56 bits per heavy atom. The van der Waals surface area contributed by atoms with Crippen LogP contribution < -0.4 is 5.32 Å². The van der Waals surface area contributed by atoms with Crippen LogP contribution in [0.4, 0.5) is 0 Å². The Balaban J connectivity index is 2.19. The number of hydrogen-bond donors (Lipinski definition) is 2. The van der Waals surface area contributed by atoms with Gasteiger partial charge in [-0.2, -0.15) is 0 Å². The molecule has 0 amide bonds. The van der Waals surface area contributed by atoms with Crippen molar-refractivity contribution in [3.05, 3.63) is 0 Å². The first-order chi connectivity index (χ1) is 7.23. The molecule has 0 aromatic rings. The zero-order valence-corrected chi connectivity index (χ0v) is 11.3. The minimum atomic E-state index is -0.484. The van der Waals surface area contributed by atoms with E-state index in [1.165, 1.54) is 12.8 Å². The summed E-state index contributed by atoms with van der Waals surface area (Å²) in [6.07, 6.45) is 5.47. The summed E-state index contributed by atoms with van der Waals surface area (Å²) in [6, 6.07) is 0.325. The molecule has 1 saturated heterocycles. The van der Waals surface area contributed by atoms with E-state index >= 15 is 0 Å². The second-order valence-corrected chi connectivity index (χ2v) is 7.61. The van der Waals surface area contributed by atoms with Gasteiger partial charge in [0.15, 0.2) is 0 Å². The summed E-state index contributed by atoms with van der Waals surface area (Å²) >= 11 is 0. The van der Waals surface area contributed by atoms with Gasteiger partial charge in [0.25, 0.3) is 0 Å². The lowest BCUT2D eigenvalue weighted by Crippen LogP contribution is -2.56. The Labute approximate surface area is 99.8 Å². The van der Waals surface area contributed by atoms with Crippen LogP contribution in [0.2, 0.25) is 0 Å². The minimum absolute atomic E-state index is 0.265. The van der Waals surface area contributed by atoms with Gasteiger partial charge in [0.2, 0.25) is 0 Å². The predicted octanol–water partition coefficient (Wildman–Crippen LogP) is 2.71. The molecule has 1 atom stereocenters. The maximum absolute atomic E-state index is 11.0. The van der Waals surface area contributed by atoms with Gasteiger partial charge in [-0.25, -0.2) is 0 Å². The van der Waals surface area contributed by atoms with Gasteiger partial charge in [-0.1, -0.05) is 27.7 Å². The monoisotopic (exact) mass is 225 g/mol. The van der Waals surface area contributed by atoms with Crippen LogP contribution in [0, 0.1) is 10.8 Å². The smallest absolute Gasteiger partial charge is 0.0810 e. The molecule has 2 aliphatic rings. The first-order valence-corrected chi connectivity index (χ1v) is 6.68. The molecular formula is C14H27NO. The van der Waals surface area contributed by atoms with Gasteiger partial charge >= 0.3 is 0 Å². The van der Waals surface area contributed by atoms with Gasteiger partial charge < -0.3 is 10.4 Å². The molecule has 0 aromatic heterocycles. The molecule has 2 N–H and O–H groups in total. The lowest BCUT2D eigenvalue weighted by atomic mass is 9.58. The van der Waals surface area contributed by atoms with E-state index in [2.05, 4.69) is 33.0 Å². The van der Waals surface area contributed by atoms with E-state index in [1.807, 2.05) is 0 Å². The highest BCUT2D eigenvalue weighted by Gasteiger charge is 2.50. The molecule has 1 unspecified atom stereocenters. The highest BCUT2D eigenvalue weighted by Crippen LogP contribution is 2.51. The Hall–Kier alpha value is -0.0800. The molecular weight excluding hydrogens is 198 g/mol. The van der Waals surface area contributed by atoms with Gasteiger partial charge in [-0.15, -0.1) is 0 Å². The van der Waals surface area contributed by atoms with Crippen LogP contribution in [0.1, 0.15) is 59.8 Å². The molecule has 2 fully saturated rings. The van der Waals surface area contributed by atoms with E-state index in [-0.39, 0.29) is 10.8 Å². The summed E-state index contributed by atoms with van der Waals surface area (Å²) in [7, 11) is 0. The van der Waals surface area contributed by atoms with Gasteiger partial charge in [-0.3, -0.25) is 0 Å². The number of nitrogens with one attached hydrogen (secondary N) is 1. The minimum Gasteiger partial charge on any atom is -0.388 e. The number of aliphatic hydroxyl groups is 1. The molecule has 0 aromatic carbocycles. The highest BCUT2D eigenvalue weighted by molar-refractivity contribution is 5.04. The SMILES string of the molecule is CC1(C)CC(C)(C)CC(O)(C2CCCN2)C1. The Morgan fingerprint density at radius 1 is 1.00 bits per heavy atom. The lowest BCUT2D eigenvalue weighted by Gasteiger charge is -2.51. The molecule has 1 aliphatic heterocycles. The fraction of sp³-hybridized carbons (Fsp3) is 1.00. The van der Waals surface area contributed by atoms with E-state index in [1.54, 1.807) is 0 Å². The number of hydrogen-bond acceptors (Lipinski definition) is 2. The standard InChI is InChI=1S/C14H27NO/c1-12(2)8-13(3,4)10-14(16,9-12)11-6-5-7-15-11/h11,15-16H,5-10H2,1-4H3. The molecule has 1 heterocycles. The highest BCUT2D eigenvalue weighted by atomic mass is 16.3. The Kier molecular flexibility index (Phi) is 2.87. The summed E-state index contributed by atoms with van der Waals surface area (Å²) in [4.78, 5) is 0.